The minimum atomic E-state index is -0.442. The number of anilines is 1. The van der Waals surface area contributed by atoms with Crippen molar-refractivity contribution in [3.8, 4) is 0 Å². The summed E-state index contributed by atoms with van der Waals surface area (Å²) >= 11 is 0. The monoisotopic (exact) mass is 261 g/mol. The number of rotatable bonds is 4. The first-order chi connectivity index (χ1) is 8.99. The number of aromatic nitrogens is 3. The van der Waals surface area contributed by atoms with Crippen molar-refractivity contribution in [1.82, 2.24) is 14.5 Å². The minimum Gasteiger partial charge on any atom is -0.352 e. The van der Waals surface area contributed by atoms with Crippen molar-refractivity contribution in [1.29, 1.82) is 0 Å². The SMILES string of the molecule is Cc1cc([N+](=O)[O-])cnc1N(C)Cc1nccn1C. The fraction of sp³-hybridized carbons (Fsp3) is 0.333. The molecular weight excluding hydrogens is 246 g/mol. The van der Waals surface area contributed by atoms with Crippen LogP contribution in [0.1, 0.15) is 11.4 Å². The normalized spacial score (nSPS) is 10.5. The summed E-state index contributed by atoms with van der Waals surface area (Å²) in [5.41, 5.74) is 0.776. The standard InChI is InChI=1S/C12H15N5O2/c1-9-6-10(17(18)19)7-14-12(9)16(3)8-11-13-4-5-15(11)2/h4-7H,8H2,1-3H3. The molecule has 19 heavy (non-hydrogen) atoms. The van der Waals surface area contributed by atoms with Crippen LogP contribution in [0, 0.1) is 17.0 Å². The van der Waals surface area contributed by atoms with E-state index < -0.39 is 4.92 Å². The van der Waals surface area contributed by atoms with Crippen molar-refractivity contribution in [2.75, 3.05) is 11.9 Å². The van der Waals surface area contributed by atoms with Gasteiger partial charge in [0, 0.05) is 32.6 Å². The molecule has 0 spiro atoms. The Kier molecular flexibility index (Phi) is 3.46. The predicted molar refractivity (Wildman–Crippen MR) is 70.9 cm³/mol. The summed E-state index contributed by atoms with van der Waals surface area (Å²) in [7, 11) is 3.81. The lowest BCUT2D eigenvalue weighted by atomic mass is 10.2. The topological polar surface area (TPSA) is 77.1 Å². The lowest BCUT2D eigenvalue weighted by molar-refractivity contribution is -0.385. The van der Waals surface area contributed by atoms with Crippen LogP contribution in [0.3, 0.4) is 0 Å². The Morgan fingerprint density at radius 2 is 2.21 bits per heavy atom. The number of aryl methyl sites for hydroxylation is 2. The Hall–Kier alpha value is -2.44. The molecule has 0 atom stereocenters. The van der Waals surface area contributed by atoms with E-state index in [4.69, 9.17) is 0 Å². The molecule has 0 saturated heterocycles. The Bertz CT molecular complexity index is 608. The van der Waals surface area contributed by atoms with E-state index in [1.807, 2.05) is 36.7 Å². The molecule has 0 aliphatic carbocycles. The van der Waals surface area contributed by atoms with Gasteiger partial charge in [0.25, 0.3) is 5.69 Å². The molecule has 0 unspecified atom stereocenters. The summed E-state index contributed by atoms with van der Waals surface area (Å²) in [6, 6.07) is 1.53. The maximum absolute atomic E-state index is 10.7. The molecular formula is C12H15N5O2. The average Bonchev–Trinajstić information content (AvgIpc) is 2.74. The molecule has 100 valence electrons. The average molecular weight is 261 g/mol. The van der Waals surface area contributed by atoms with Gasteiger partial charge in [-0.15, -0.1) is 0 Å². The van der Waals surface area contributed by atoms with E-state index >= 15 is 0 Å². The number of nitrogens with zero attached hydrogens (tertiary/aromatic N) is 5. The molecule has 0 radical (unpaired) electrons. The number of imidazole rings is 1. The van der Waals surface area contributed by atoms with Crippen LogP contribution in [0.2, 0.25) is 0 Å². The second-order valence-corrected chi connectivity index (χ2v) is 4.40. The van der Waals surface area contributed by atoms with Crippen molar-refractivity contribution in [2.45, 2.75) is 13.5 Å². The van der Waals surface area contributed by atoms with E-state index in [1.54, 1.807) is 6.20 Å². The third kappa shape index (κ3) is 2.70. The highest BCUT2D eigenvalue weighted by molar-refractivity contribution is 5.49. The van der Waals surface area contributed by atoms with Gasteiger partial charge in [-0.2, -0.15) is 0 Å². The molecule has 2 heterocycles. The highest BCUT2D eigenvalue weighted by atomic mass is 16.6. The van der Waals surface area contributed by atoms with Gasteiger partial charge < -0.3 is 9.47 Å². The highest BCUT2D eigenvalue weighted by Crippen LogP contribution is 2.21. The number of hydrogen-bond acceptors (Lipinski definition) is 5. The lowest BCUT2D eigenvalue weighted by Gasteiger charge is -2.19. The van der Waals surface area contributed by atoms with E-state index in [0.29, 0.717) is 12.4 Å². The fourth-order valence-corrected chi connectivity index (χ4v) is 1.89. The summed E-state index contributed by atoms with van der Waals surface area (Å²) in [4.78, 5) is 20.5. The molecule has 0 N–H and O–H groups in total. The van der Waals surface area contributed by atoms with Gasteiger partial charge in [-0.05, 0) is 12.5 Å². The molecule has 2 rings (SSSR count). The van der Waals surface area contributed by atoms with Crippen molar-refractivity contribution in [2.24, 2.45) is 7.05 Å². The van der Waals surface area contributed by atoms with Crippen molar-refractivity contribution < 1.29 is 4.92 Å². The third-order valence-corrected chi connectivity index (χ3v) is 2.91. The van der Waals surface area contributed by atoms with Crippen LogP contribution in [0.15, 0.2) is 24.7 Å². The molecule has 0 saturated carbocycles. The van der Waals surface area contributed by atoms with Crippen LogP contribution >= 0.6 is 0 Å². The zero-order valence-electron chi connectivity index (χ0n) is 11.1. The van der Waals surface area contributed by atoms with Crippen LogP contribution in [0.25, 0.3) is 0 Å². The molecule has 2 aromatic rings. The van der Waals surface area contributed by atoms with Gasteiger partial charge in [0.1, 0.15) is 17.8 Å². The molecule has 0 aliphatic heterocycles. The number of pyridine rings is 1. The van der Waals surface area contributed by atoms with Gasteiger partial charge >= 0.3 is 0 Å². The zero-order valence-corrected chi connectivity index (χ0v) is 11.1. The molecule has 0 bridgehead atoms. The third-order valence-electron chi connectivity index (χ3n) is 2.91. The summed E-state index contributed by atoms with van der Waals surface area (Å²) < 4.78 is 1.93. The first-order valence-corrected chi connectivity index (χ1v) is 5.77. The van der Waals surface area contributed by atoms with Crippen molar-refractivity contribution in [3.05, 3.63) is 46.2 Å². The van der Waals surface area contributed by atoms with Crippen LogP contribution in [-0.4, -0.2) is 26.5 Å². The maximum Gasteiger partial charge on any atom is 0.287 e. The first kappa shape index (κ1) is 13.0. The summed E-state index contributed by atoms with van der Waals surface area (Å²) in [5, 5.41) is 10.7. The van der Waals surface area contributed by atoms with Crippen molar-refractivity contribution >= 4 is 11.5 Å². The molecule has 0 aliphatic rings. The van der Waals surface area contributed by atoms with Crippen molar-refractivity contribution in [3.63, 3.8) is 0 Å². The number of hydrogen-bond donors (Lipinski definition) is 0. The van der Waals surface area contributed by atoms with Crippen LogP contribution < -0.4 is 4.90 Å². The Labute approximate surface area is 110 Å². The first-order valence-electron chi connectivity index (χ1n) is 5.77. The Morgan fingerprint density at radius 1 is 1.47 bits per heavy atom. The molecule has 0 aromatic carbocycles. The van der Waals surface area contributed by atoms with Gasteiger partial charge in [-0.3, -0.25) is 10.1 Å². The molecule has 7 heteroatoms. The van der Waals surface area contributed by atoms with Gasteiger partial charge in [0.05, 0.1) is 11.5 Å². The van der Waals surface area contributed by atoms with E-state index in [2.05, 4.69) is 9.97 Å². The molecule has 0 fully saturated rings. The number of nitro groups is 1. The largest absolute Gasteiger partial charge is 0.352 e. The van der Waals surface area contributed by atoms with Gasteiger partial charge in [0.2, 0.25) is 0 Å². The van der Waals surface area contributed by atoms with Gasteiger partial charge in [-0.1, -0.05) is 0 Å². The van der Waals surface area contributed by atoms with E-state index in [-0.39, 0.29) is 5.69 Å². The molecule has 2 aromatic heterocycles. The zero-order chi connectivity index (χ0) is 14.0. The van der Waals surface area contributed by atoms with Crippen LogP contribution in [0.4, 0.5) is 11.5 Å². The molecule has 7 nitrogen and oxygen atoms in total. The summed E-state index contributed by atoms with van der Waals surface area (Å²) in [6.07, 6.45) is 4.88. The quantitative estimate of drug-likeness (QED) is 0.618. The highest BCUT2D eigenvalue weighted by Gasteiger charge is 2.13. The van der Waals surface area contributed by atoms with Crippen LogP contribution in [0.5, 0.6) is 0 Å². The second-order valence-electron chi connectivity index (χ2n) is 4.40. The van der Waals surface area contributed by atoms with Crippen LogP contribution in [-0.2, 0) is 13.6 Å². The van der Waals surface area contributed by atoms with Gasteiger partial charge in [0.15, 0.2) is 0 Å². The Morgan fingerprint density at radius 3 is 2.74 bits per heavy atom. The second kappa shape index (κ2) is 5.05. The minimum absolute atomic E-state index is 0.00615. The Balaban J connectivity index is 2.22. The molecule has 0 amide bonds. The van der Waals surface area contributed by atoms with E-state index in [0.717, 1.165) is 11.4 Å². The summed E-state index contributed by atoms with van der Waals surface area (Å²) in [6.45, 7) is 2.40. The fourth-order valence-electron chi connectivity index (χ4n) is 1.89. The summed E-state index contributed by atoms with van der Waals surface area (Å²) in [5.74, 6) is 1.62. The predicted octanol–water partition coefficient (Wildman–Crippen LogP) is 1.67. The van der Waals surface area contributed by atoms with Gasteiger partial charge in [-0.25, -0.2) is 9.97 Å². The van der Waals surface area contributed by atoms with E-state index in [9.17, 15) is 10.1 Å². The smallest absolute Gasteiger partial charge is 0.287 e. The lowest BCUT2D eigenvalue weighted by Crippen LogP contribution is -2.21. The van der Waals surface area contributed by atoms with E-state index in [1.165, 1.54) is 12.3 Å². The maximum atomic E-state index is 10.7.